The van der Waals surface area contributed by atoms with E-state index in [0.717, 1.165) is 14.6 Å². The first-order chi connectivity index (χ1) is 9.47. The molecule has 0 radical (unpaired) electrons. The maximum atomic E-state index is 13.8. The zero-order valence-electron chi connectivity index (χ0n) is 9.87. The van der Waals surface area contributed by atoms with Crippen LogP contribution in [0.3, 0.4) is 0 Å². The summed E-state index contributed by atoms with van der Waals surface area (Å²) in [6, 6.07) is 8.83. The average Bonchev–Trinajstić information content (AvgIpc) is 2.66. The Morgan fingerprint density at radius 3 is 2.65 bits per heavy atom. The van der Waals surface area contributed by atoms with Gasteiger partial charge in [-0.05, 0) is 62.8 Å². The van der Waals surface area contributed by atoms with Crippen LogP contribution >= 0.6 is 54.5 Å². The summed E-state index contributed by atoms with van der Waals surface area (Å²) in [7, 11) is 0. The highest BCUT2D eigenvalue weighted by atomic mass is 127. The van der Waals surface area contributed by atoms with Crippen molar-refractivity contribution in [2.24, 2.45) is 0 Å². The van der Waals surface area contributed by atoms with Crippen LogP contribution in [0.5, 0.6) is 0 Å². The van der Waals surface area contributed by atoms with E-state index < -0.39 is 0 Å². The van der Waals surface area contributed by atoms with Gasteiger partial charge in [-0.2, -0.15) is 0 Å². The predicted molar refractivity (Wildman–Crippen MR) is 93.6 cm³/mol. The standard InChI is InChI=1S/C13H7Br2FIN3/c14-6-1-2-11(7(15)3-6)20-12-4-8(16)9(17)5-10(12)19-13(20)18/h1-5H,(H2,18,19). The molecule has 0 unspecified atom stereocenters. The van der Waals surface area contributed by atoms with Crippen molar-refractivity contribution in [3.63, 3.8) is 0 Å². The lowest BCUT2D eigenvalue weighted by molar-refractivity contribution is 0.622. The van der Waals surface area contributed by atoms with Crippen LogP contribution < -0.4 is 5.73 Å². The van der Waals surface area contributed by atoms with Gasteiger partial charge in [0.05, 0.1) is 20.3 Å². The first-order valence-electron chi connectivity index (χ1n) is 5.56. The number of nitrogens with two attached hydrogens (primary N) is 1. The van der Waals surface area contributed by atoms with Crippen LogP contribution in [0.2, 0.25) is 0 Å². The molecule has 3 nitrogen and oxygen atoms in total. The molecule has 20 heavy (non-hydrogen) atoms. The van der Waals surface area contributed by atoms with E-state index in [-0.39, 0.29) is 5.82 Å². The fourth-order valence-electron chi connectivity index (χ4n) is 2.01. The van der Waals surface area contributed by atoms with E-state index in [2.05, 4.69) is 36.8 Å². The quantitative estimate of drug-likeness (QED) is 0.474. The van der Waals surface area contributed by atoms with Gasteiger partial charge >= 0.3 is 0 Å². The molecule has 3 aromatic rings. The van der Waals surface area contributed by atoms with Gasteiger partial charge in [0, 0.05) is 15.0 Å². The molecule has 0 atom stereocenters. The van der Waals surface area contributed by atoms with Crippen LogP contribution in [0.25, 0.3) is 16.7 Å². The van der Waals surface area contributed by atoms with Gasteiger partial charge in [0.25, 0.3) is 0 Å². The molecule has 0 aliphatic carbocycles. The Kier molecular flexibility index (Phi) is 3.76. The van der Waals surface area contributed by atoms with Gasteiger partial charge in [-0.15, -0.1) is 0 Å². The first kappa shape index (κ1) is 14.3. The molecule has 2 N–H and O–H groups in total. The minimum Gasteiger partial charge on any atom is -0.369 e. The van der Waals surface area contributed by atoms with Crippen molar-refractivity contribution in [1.29, 1.82) is 0 Å². The Balaban J connectivity index is 2.35. The molecule has 0 fully saturated rings. The second-order valence-corrected chi connectivity index (χ2v) is 7.09. The SMILES string of the molecule is Nc1nc2cc(I)c(F)cc2n1-c1ccc(Br)cc1Br. The lowest BCUT2D eigenvalue weighted by Crippen LogP contribution is -2.01. The molecule has 0 spiro atoms. The minimum atomic E-state index is -0.285. The van der Waals surface area contributed by atoms with Crippen LogP contribution in [0.4, 0.5) is 10.3 Å². The highest BCUT2D eigenvalue weighted by Gasteiger charge is 2.15. The Bertz CT molecular complexity index is 832. The van der Waals surface area contributed by atoms with E-state index in [1.165, 1.54) is 6.07 Å². The van der Waals surface area contributed by atoms with Crippen LogP contribution in [0, 0.1) is 9.39 Å². The van der Waals surface area contributed by atoms with Gasteiger partial charge in [-0.3, -0.25) is 4.57 Å². The van der Waals surface area contributed by atoms with E-state index >= 15 is 0 Å². The number of halogens is 4. The fraction of sp³-hybridized carbons (Fsp3) is 0. The van der Waals surface area contributed by atoms with E-state index in [9.17, 15) is 4.39 Å². The number of fused-ring (bicyclic) bond motifs is 1. The van der Waals surface area contributed by atoms with Crippen molar-refractivity contribution in [2.45, 2.75) is 0 Å². The Hall–Kier alpha value is -0.670. The lowest BCUT2D eigenvalue weighted by atomic mass is 10.2. The summed E-state index contributed by atoms with van der Waals surface area (Å²) >= 11 is 8.83. The average molecular weight is 511 g/mol. The van der Waals surface area contributed by atoms with E-state index in [0.29, 0.717) is 20.6 Å². The monoisotopic (exact) mass is 509 g/mol. The largest absolute Gasteiger partial charge is 0.369 e. The minimum absolute atomic E-state index is 0.285. The van der Waals surface area contributed by atoms with Crippen molar-refractivity contribution in [1.82, 2.24) is 9.55 Å². The van der Waals surface area contributed by atoms with E-state index in [1.54, 1.807) is 10.6 Å². The van der Waals surface area contributed by atoms with Gasteiger partial charge < -0.3 is 5.73 Å². The third kappa shape index (κ3) is 2.35. The van der Waals surface area contributed by atoms with Crippen LogP contribution in [-0.4, -0.2) is 9.55 Å². The normalized spacial score (nSPS) is 11.2. The first-order valence-corrected chi connectivity index (χ1v) is 8.22. The number of imidazole rings is 1. The second kappa shape index (κ2) is 5.27. The fourth-order valence-corrected chi connectivity index (χ4v) is 3.68. The maximum absolute atomic E-state index is 13.8. The van der Waals surface area contributed by atoms with Crippen molar-refractivity contribution in [3.8, 4) is 5.69 Å². The summed E-state index contributed by atoms with van der Waals surface area (Å²) < 4.78 is 17.8. The van der Waals surface area contributed by atoms with Crippen molar-refractivity contribution in [3.05, 3.63) is 48.7 Å². The summed E-state index contributed by atoms with van der Waals surface area (Å²) in [6.07, 6.45) is 0. The molecular formula is C13H7Br2FIN3. The Labute approximate surface area is 144 Å². The highest BCUT2D eigenvalue weighted by Crippen LogP contribution is 2.31. The second-order valence-electron chi connectivity index (χ2n) is 4.16. The third-order valence-corrected chi connectivity index (χ3v) is 4.83. The topological polar surface area (TPSA) is 43.8 Å². The molecule has 0 amide bonds. The summed E-state index contributed by atoms with van der Waals surface area (Å²) in [6.45, 7) is 0. The van der Waals surface area contributed by atoms with Crippen molar-refractivity contribution < 1.29 is 4.39 Å². The highest BCUT2D eigenvalue weighted by molar-refractivity contribution is 14.1. The lowest BCUT2D eigenvalue weighted by Gasteiger charge is -2.09. The van der Waals surface area contributed by atoms with E-state index in [1.807, 2.05) is 40.8 Å². The number of anilines is 1. The number of hydrogen-bond donors (Lipinski definition) is 1. The smallest absolute Gasteiger partial charge is 0.205 e. The van der Waals surface area contributed by atoms with Crippen molar-refractivity contribution >= 4 is 71.4 Å². The molecule has 2 aromatic carbocycles. The molecule has 1 heterocycles. The van der Waals surface area contributed by atoms with Crippen molar-refractivity contribution in [2.75, 3.05) is 5.73 Å². The van der Waals surface area contributed by atoms with Crippen LogP contribution in [0.1, 0.15) is 0 Å². The summed E-state index contributed by atoms with van der Waals surface area (Å²) in [4.78, 5) is 4.29. The van der Waals surface area contributed by atoms with Gasteiger partial charge in [0.2, 0.25) is 5.95 Å². The molecule has 0 saturated carbocycles. The van der Waals surface area contributed by atoms with Gasteiger partial charge in [-0.25, -0.2) is 9.37 Å². The van der Waals surface area contributed by atoms with Gasteiger partial charge in [0.15, 0.2) is 0 Å². The Morgan fingerprint density at radius 1 is 1.20 bits per heavy atom. The van der Waals surface area contributed by atoms with Crippen LogP contribution in [-0.2, 0) is 0 Å². The molecule has 0 bridgehead atoms. The molecule has 0 aliphatic rings. The summed E-state index contributed by atoms with van der Waals surface area (Å²) in [5.74, 6) is 0.0388. The number of rotatable bonds is 1. The molecule has 3 rings (SSSR count). The van der Waals surface area contributed by atoms with E-state index in [4.69, 9.17) is 5.73 Å². The molecule has 0 saturated heterocycles. The molecular weight excluding hydrogens is 504 g/mol. The number of hydrogen-bond acceptors (Lipinski definition) is 2. The molecule has 1 aromatic heterocycles. The maximum Gasteiger partial charge on any atom is 0.205 e. The zero-order valence-corrected chi connectivity index (χ0v) is 15.2. The van der Waals surface area contributed by atoms with Crippen LogP contribution in [0.15, 0.2) is 39.3 Å². The number of nitrogens with zero attached hydrogens (tertiary/aromatic N) is 2. The number of benzene rings is 2. The number of aromatic nitrogens is 2. The molecule has 0 aliphatic heterocycles. The van der Waals surface area contributed by atoms with Gasteiger partial charge in [0.1, 0.15) is 5.82 Å². The predicted octanol–water partition coefficient (Wildman–Crippen LogP) is 4.88. The number of nitrogen functional groups attached to an aromatic ring is 1. The Morgan fingerprint density at radius 2 is 1.95 bits per heavy atom. The molecule has 7 heteroatoms. The van der Waals surface area contributed by atoms with Gasteiger partial charge in [-0.1, -0.05) is 15.9 Å². The summed E-state index contributed by atoms with van der Waals surface area (Å²) in [5, 5.41) is 0. The molecule has 102 valence electrons. The zero-order chi connectivity index (χ0) is 14.4. The summed E-state index contributed by atoms with van der Waals surface area (Å²) in [5.41, 5.74) is 8.11. The third-order valence-electron chi connectivity index (χ3n) is 2.87.